The van der Waals surface area contributed by atoms with Crippen molar-refractivity contribution >= 4 is 17.6 Å². The van der Waals surface area contributed by atoms with Crippen LogP contribution in [0, 0.1) is 6.92 Å². The third-order valence-electron chi connectivity index (χ3n) is 4.43. The summed E-state index contributed by atoms with van der Waals surface area (Å²) >= 11 is 0. The van der Waals surface area contributed by atoms with E-state index >= 15 is 0 Å². The first kappa shape index (κ1) is 17.7. The molecule has 3 N–H and O–H groups in total. The summed E-state index contributed by atoms with van der Waals surface area (Å²) < 4.78 is 5.88. The van der Waals surface area contributed by atoms with Gasteiger partial charge in [0.05, 0.1) is 5.71 Å². The molecule has 3 amide bonds. The average Bonchev–Trinajstić information content (AvgIpc) is 2.97. The molecule has 0 saturated carbocycles. The van der Waals surface area contributed by atoms with E-state index in [9.17, 15) is 9.59 Å². The van der Waals surface area contributed by atoms with Crippen LogP contribution < -0.4 is 11.2 Å². The van der Waals surface area contributed by atoms with E-state index in [1.807, 2.05) is 37.3 Å². The summed E-state index contributed by atoms with van der Waals surface area (Å²) in [5.41, 5.74) is 10.6. The lowest BCUT2D eigenvalue weighted by molar-refractivity contribution is 0.0750. The maximum absolute atomic E-state index is 12.9. The Balaban J connectivity index is 1.86. The summed E-state index contributed by atoms with van der Waals surface area (Å²) in [5, 5.41) is 4.08. The minimum Gasteiger partial charge on any atom is -0.455 e. The van der Waals surface area contributed by atoms with Gasteiger partial charge in [0.25, 0.3) is 5.91 Å². The SMILES string of the molecule is Cc1c(C(=O)N(C)Cc2ccccc2)oc2c1/C(=N/NC(N)=O)CCC2. The molecule has 0 bridgehead atoms. The van der Waals surface area contributed by atoms with E-state index < -0.39 is 6.03 Å². The van der Waals surface area contributed by atoms with Gasteiger partial charge in [0, 0.05) is 31.1 Å². The molecule has 0 unspecified atom stereocenters. The van der Waals surface area contributed by atoms with Gasteiger partial charge in [-0.15, -0.1) is 0 Å². The van der Waals surface area contributed by atoms with Crippen LogP contribution in [0.2, 0.25) is 0 Å². The fourth-order valence-corrected chi connectivity index (χ4v) is 3.21. The Morgan fingerprint density at radius 3 is 2.69 bits per heavy atom. The van der Waals surface area contributed by atoms with E-state index in [-0.39, 0.29) is 5.91 Å². The summed E-state index contributed by atoms with van der Waals surface area (Å²) in [7, 11) is 1.75. The van der Waals surface area contributed by atoms with Crippen molar-refractivity contribution < 1.29 is 14.0 Å². The molecule has 3 rings (SSSR count). The fourth-order valence-electron chi connectivity index (χ4n) is 3.21. The number of fused-ring (bicyclic) bond motifs is 1. The van der Waals surface area contributed by atoms with Crippen LogP contribution in [0.4, 0.5) is 4.79 Å². The van der Waals surface area contributed by atoms with Gasteiger partial charge >= 0.3 is 6.03 Å². The maximum atomic E-state index is 12.9. The van der Waals surface area contributed by atoms with E-state index in [1.165, 1.54) is 0 Å². The summed E-state index contributed by atoms with van der Waals surface area (Å²) in [5.74, 6) is 0.875. The molecule has 0 saturated heterocycles. The molecular weight excluding hydrogens is 332 g/mol. The molecule has 136 valence electrons. The van der Waals surface area contributed by atoms with Crippen LogP contribution >= 0.6 is 0 Å². The molecule has 1 aliphatic rings. The number of carbonyl (C=O) groups excluding carboxylic acids is 2. The molecule has 0 radical (unpaired) electrons. The molecule has 0 spiro atoms. The highest BCUT2D eigenvalue weighted by Gasteiger charge is 2.29. The number of hydrogen-bond acceptors (Lipinski definition) is 4. The number of hydrazone groups is 1. The molecule has 1 aliphatic carbocycles. The molecule has 1 aromatic carbocycles. The molecule has 0 fully saturated rings. The number of hydrogen-bond donors (Lipinski definition) is 2. The Bertz CT molecular complexity index is 855. The van der Waals surface area contributed by atoms with Crippen molar-refractivity contribution in [3.63, 3.8) is 0 Å². The molecule has 26 heavy (non-hydrogen) atoms. The first-order valence-corrected chi connectivity index (χ1v) is 8.51. The van der Waals surface area contributed by atoms with Crippen LogP contribution in [0.1, 0.15) is 45.8 Å². The number of furan rings is 1. The predicted molar refractivity (Wildman–Crippen MR) is 97.9 cm³/mol. The molecule has 7 nitrogen and oxygen atoms in total. The van der Waals surface area contributed by atoms with E-state index in [1.54, 1.807) is 11.9 Å². The second-order valence-corrected chi connectivity index (χ2v) is 6.39. The van der Waals surface area contributed by atoms with Gasteiger partial charge in [-0.05, 0) is 25.3 Å². The molecule has 0 aliphatic heterocycles. The zero-order valence-corrected chi connectivity index (χ0v) is 14.9. The van der Waals surface area contributed by atoms with Crippen molar-refractivity contribution in [3.05, 3.63) is 58.5 Å². The largest absolute Gasteiger partial charge is 0.455 e. The van der Waals surface area contributed by atoms with Crippen LogP contribution in [-0.4, -0.2) is 29.6 Å². The Kier molecular flexibility index (Phi) is 5.06. The van der Waals surface area contributed by atoms with Crippen molar-refractivity contribution in [1.29, 1.82) is 0 Å². The highest BCUT2D eigenvalue weighted by Crippen LogP contribution is 2.30. The Morgan fingerprint density at radius 1 is 1.27 bits per heavy atom. The highest BCUT2D eigenvalue weighted by atomic mass is 16.4. The van der Waals surface area contributed by atoms with Gasteiger partial charge < -0.3 is 15.1 Å². The molecular formula is C19H22N4O3. The summed E-state index contributed by atoms with van der Waals surface area (Å²) in [6.07, 6.45) is 2.27. The smallest absolute Gasteiger partial charge is 0.332 e. The summed E-state index contributed by atoms with van der Waals surface area (Å²) in [4.78, 5) is 25.4. The number of primary amides is 1. The van der Waals surface area contributed by atoms with Gasteiger partial charge in [0.15, 0.2) is 5.76 Å². The molecule has 1 aromatic heterocycles. The van der Waals surface area contributed by atoms with E-state index in [0.717, 1.165) is 35.3 Å². The molecule has 7 heteroatoms. The lowest BCUT2D eigenvalue weighted by Gasteiger charge is -2.16. The van der Waals surface area contributed by atoms with Crippen molar-refractivity contribution in [2.45, 2.75) is 32.7 Å². The van der Waals surface area contributed by atoms with Gasteiger partial charge in [-0.25, -0.2) is 10.2 Å². The number of rotatable bonds is 4. The minimum atomic E-state index is -0.718. The van der Waals surface area contributed by atoms with Crippen LogP contribution in [0.5, 0.6) is 0 Å². The van der Waals surface area contributed by atoms with Gasteiger partial charge in [0.1, 0.15) is 5.76 Å². The van der Waals surface area contributed by atoms with Crippen LogP contribution in [0.3, 0.4) is 0 Å². The second kappa shape index (κ2) is 7.43. The highest BCUT2D eigenvalue weighted by molar-refractivity contribution is 6.06. The lowest BCUT2D eigenvalue weighted by Crippen LogP contribution is -2.27. The predicted octanol–water partition coefficient (Wildman–Crippen LogP) is 2.57. The molecule has 2 aromatic rings. The number of carbonyl (C=O) groups is 2. The average molecular weight is 354 g/mol. The van der Waals surface area contributed by atoms with Crippen molar-refractivity contribution in [1.82, 2.24) is 10.3 Å². The van der Waals surface area contributed by atoms with Crippen LogP contribution in [0.25, 0.3) is 0 Å². The third-order valence-corrected chi connectivity index (χ3v) is 4.43. The van der Waals surface area contributed by atoms with Crippen molar-refractivity contribution in [2.24, 2.45) is 10.8 Å². The van der Waals surface area contributed by atoms with E-state index in [2.05, 4.69) is 10.5 Å². The summed E-state index contributed by atoms with van der Waals surface area (Å²) in [6.45, 7) is 2.34. The first-order valence-electron chi connectivity index (χ1n) is 8.51. The normalized spacial score (nSPS) is 14.8. The number of urea groups is 1. The maximum Gasteiger partial charge on any atom is 0.332 e. The zero-order chi connectivity index (χ0) is 18.7. The zero-order valence-electron chi connectivity index (χ0n) is 14.9. The van der Waals surface area contributed by atoms with E-state index in [4.69, 9.17) is 10.2 Å². The minimum absolute atomic E-state index is 0.178. The van der Waals surface area contributed by atoms with E-state index in [0.29, 0.717) is 24.4 Å². The molecule has 1 heterocycles. The van der Waals surface area contributed by atoms with Gasteiger partial charge in [-0.3, -0.25) is 4.79 Å². The number of aryl methyl sites for hydroxylation is 1. The number of benzene rings is 1. The van der Waals surface area contributed by atoms with Crippen molar-refractivity contribution in [2.75, 3.05) is 7.05 Å². The number of nitrogens with two attached hydrogens (primary N) is 1. The number of amides is 3. The quantitative estimate of drug-likeness (QED) is 0.825. The standard InChI is InChI=1S/C19H22N4O3/c1-12-16-14(21-22-19(20)25)9-6-10-15(16)26-17(12)18(24)23(2)11-13-7-4-3-5-8-13/h3-5,7-8H,6,9-11H2,1-2H3,(H3,20,22,25)/b21-14+. The summed E-state index contributed by atoms with van der Waals surface area (Å²) in [6, 6.07) is 9.06. The van der Waals surface area contributed by atoms with Gasteiger partial charge in [-0.1, -0.05) is 30.3 Å². The topological polar surface area (TPSA) is 101 Å². The molecule has 0 atom stereocenters. The third kappa shape index (κ3) is 3.61. The van der Waals surface area contributed by atoms with Gasteiger partial charge in [0.2, 0.25) is 0 Å². The number of nitrogens with one attached hydrogen (secondary N) is 1. The Morgan fingerprint density at radius 2 is 2.00 bits per heavy atom. The lowest BCUT2D eigenvalue weighted by atomic mass is 9.93. The van der Waals surface area contributed by atoms with Gasteiger partial charge in [-0.2, -0.15) is 5.10 Å². The Hall–Kier alpha value is -3.09. The van der Waals surface area contributed by atoms with Crippen molar-refractivity contribution in [3.8, 4) is 0 Å². The Labute approximate surface area is 151 Å². The second-order valence-electron chi connectivity index (χ2n) is 6.39. The van der Waals surface area contributed by atoms with Crippen LogP contribution in [-0.2, 0) is 13.0 Å². The first-order chi connectivity index (χ1) is 12.5. The fraction of sp³-hybridized carbons (Fsp3) is 0.316. The van der Waals surface area contributed by atoms with Crippen LogP contribution in [0.15, 0.2) is 39.9 Å². The number of nitrogens with zero attached hydrogens (tertiary/aromatic N) is 2. The monoisotopic (exact) mass is 354 g/mol.